The first-order chi connectivity index (χ1) is 14.5. The molecule has 9 heteroatoms. The van der Waals surface area contributed by atoms with Gasteiger partial charge in [-0.05, 0) is 25.2 Å². The van der Waals surface area contributed by atoms with Crippen molar-refractivity contribution < 1.29 is 28.9 Å². The van der Waals surface area contributed by atoms with Gasteiger partial charge in [-0.1, -0.05) is 12.2 Å². The van der Waals surface area contributed by atoms with Crippen molar-refractivity contribution >= 4 is 11.8 Å². The number of fused-ring (bicyclic) bond motifs is 1. The number of nitrogens with one attached hydrogen (secondary N) is 1. The van der Waals surface area contributed by atoms with Crippen molar-refractivity contribution in [1.29, 1.82) is 0 Å². The average Bonchev–Trinajstić information content (AvgIpc) is 3.23. The van der Waals surface area contributed by atoms with Crippen LogP contribution >= 0.6 is 0 Å². The maximum Gasteiger partial charge on any atom is 0.251 e. The summed E-state index contributed by atoms with van der Waals surface area (Å²) in [5.74, 6) is 0.863. The average molecular weight is 417 g/mol. The van der Waals surface area contributed by atoms with Gasteiger partial charge in [0.2, 0.25) is 12.7 Å². The van der Waals surface area contributed by atoms with Gasteiger partial charge in [0.25, 0.3) is 5.91 Å². The number of carbonyl (C=O) groups is 2. The quantitative estimate of drug-likeness (QED) is 0.650. The highest BCUT2D eigenvalue weighted by atomic mass is 16.7. The molecule has 3 aliphatic rings. The molecular formula is C21H27N3O6. The highest BCUT2D eigenvalue weighted by Crippen LogP contribution is 2.32. The Balaban J connectivity index is 1.34. The molecule has 3 atom stereocenters. The van der Waals surface area contributed by atoms with E-state index >= 15 is 0 Å². The predicted molar refractivity (Wildman–Crippen MR) is 107 cm³/mol. The van der Waals surface area contributed by atoms with Gasteiger partial charge in [-0.25, -0.2) is 0 Å². The minimum absolute atomic E-state index is 0.0392. The molecule has 3 heterocycles. The smallest absolute Gasteiger partial charge is 0.251 e. The lowest BCUT2D eigenvalue weighted by molar-refractivity contribution is -0.137. The number of nitrogens with zero attached hydrogens (tertiary/aromatic N) is 2. The van der Waals surface area contributed by atoms with E-state index in [1.54, 1.807) is 30.4 Å². The van der Waals surface area contributed by atoms with Gasteiger partial charge in [-0.15, -0.1) is 0 Å². The van der Waals surface area contributed by atoms with Crippen LogP contribution in [0, 0.1) is 0 Å². The zero-order chi connectivity index (χ0) is 21.1. The van der Waals surface area contributed by atoms with Crippen molar-refractivity contribution in [3.63, 3.8) is 0 Å². The van der Waals surface area contributed by atoms with E-state index in [-0.39, 0.29) is 31.6 Å². The fourth-order valence-corrected chi connectivity index (χ4v) is 3.77. The maximum absolute atomic E-state index is 12.6. The Morgan fingerprint density at radius 3 is 2.67 bits per heavy atom. The van der Waals surface area contributed by atoms with Gasteiger partial charge in [0.15, 0.2) is 11.5 Å². The standard InChI is InChI=1S/C21H27N3O6/c1-23-6-8-24(9-7-23)20(26)11-15-3-4-16(19(12-25)30-15)22-21(27)14-2-5-17-18(10-14)29-13-28-17/h2-5,10,15-16,19,25H,6-9,11-13H2,1H3,(H,22,27)/t15-,16+,19-/m0/s1. The van der Waals surface area contributed by atoms with Crippen LogP contribution in [0.1, 0.15) is 16.8 Å². The van der Waals surface area contributed by atoms with Crippen LogP contribution in [-0.2, 0) is 9.53 Å². The van der Waals surface area contributed by atoms with Crippen LogP contribution in [0.2, 0.25) is 0 Å². The Morgan fingerprint density at radius 1 is 1.13 bits per heavy atom. The molecule has 1 saturated heterocycles. The van der Waals surface area contributed by atoms with E-state index in [4.69, 9.17) is 14.2 Å². The maximum atomic E-state index is 12.6. The van der Waals surface area contributed by atoms with Gasteiger partial charge in [0, 0.05) is 31.7 Å². The number of amides is 2. The van der Waals surface area contributed by atoms with Crippen LogP contribution in [0.5, 0.6) is 11.5 Å². The number of piperazine rings is 1. The van der Waals surface area contributed by atoms with Crippen LogP contribution in [-0.4, -0.2) is 91.6 Å². The Bertz CT molecular complexity index is 821. The van der Waals surface area contributed by atoms with E-state index in [9.17, 15) is 14.7 Å². The second-order valence-electron chi connectivity index (χ2n) is 7.74. The van der Waals surface area contributed by atoms with Crippen LogP contribution in [0.3, 0.4) is 0 Å². The van der Waals surface area contributed by atoms with Crippen LogP contribution in [0.4, 0.5) is 0 Å². The molecule has 0 bridgehead atoms. The molecule has 0 radical (unpaired) electrons. The summed E-state index contributed by atoms with van der Waals surface area (Å²) in [6, 6.07) is 4.47. The zero-order valence-electron chi connectivity index (χ0n) is 17.0. The van der Waals surface area contributed by atoms with Crippen molar-refractivity contribution in [1.82, 2.24) is 15.1 Å². The minimum Gasteiger partial charge on any atom is -0.454 e. The molecule has 0 aliphatic carbocycles. The summed E-state index contributed by atoms with van der Waals surface area (Å²) < 4.78 is 16.5. The van der Waals surface area contributed by atoms with E-state index in [2.05, 4.69) is 10.2 Å². The molecular weight excluding hydrogens is 390 g/mol. The van der Waals surface area contributed by atoms with Crippen LogP contribution < -0.4 is 14.8 Å². The van der Waals surface area contributed by atoms with Gasteiger partial charge in [0.1, 0.15) is 6.10 Å². The third-order valence-corrected chi connectivity index (χ3v) is 5.63. The number of hydrogen-bond donors (Lipinski definition) is 2. The third-order valence-electron chi connectivity index (χ3n) is 5.63. The number of ether oxygens (including phenoxy) is 3. The molecule has 1 fully saturated rings. The molecule has 162 valence electrons. The van der Waals surface area contributed by atoms with Crippen molar-refractivity contribution in [2.45, 2.75) is 24.7 Å². The molecule has 9 nitrogen and oxygen atoms in total. The van der Waals surface area contributed by atoms with Gasteiger partial charge >= 0.3 is 0 Å². The van der Waals surface area contributed by atoms with E-state index in [0.717, 1.165) is 13.1 Å². The normalized spacial score (nSPS) is 25.9. The van der Waals surface area contributed by atoms with E-state index in [1.807, 2.05) is 11.9 Å². The number of hydrogen-bond acceptors (Lipinski definition) is 7. The minimum atomic E-state index is -0.627. The Morgan fingerprint density at radius 2 is 1.90 bits per heavy atom. The van der Waals surface area contributed by atoms with Crippen molar-refractivity contribution in [2.24, 2.45) is 0 Å². The lowest BCUT2D eigenvalue weighted by Crippen LogP contribution is -2.50. The Labute approximate surface area is 175 Å². The summed E-state index contributed by atoms with van der Waals surface area (Å²) in [4.78, 5) is 29.2. The SMILES string of the molecule is CN1CCN(C(=O)C[C@@H]2C=C[C@@H](NC(=O)c3ccc4c(c3)OCO4)[C@H](CO)O2)CC1. The molecule has 0 spiro atoms. The molecule has 1 aromatic rings. The molecule has 30 heavy (non-hydrogen) atoms. The molecule has 2 amide bonds. The number of aliphatic hydroxyl groups is 1. The number of rotatable bonds is 5. The van der Waals surface area contributed by atoms with Gasteiger partial charge in [-0.3, -0.25) is 9.59 Å². The summed E-state index contributed by atoms with van der Waals surface area (Å²) in [6.45, 7) is 3.02. The number of benzene rings is 1. The molecule has 1 aromatic carbocycles. The predicted octanol–water partition coefficient (Wildman–Crippen LogP) is -0.00630. The second-order valence-corrected chi connectivity index (χ2v) is 7.74. The van der Waals surface area contributed by atoms with Gasteiger partial charge < -0.3 is 34.4 Å². The van der Waals surface area contributed by atoms with E-state index in [1.165, 1.54) is 0 Å². The van der Waals surface area contributed by atoms with Crippen LogP contribution in [0.15, 0.2) is 30.4 Å². The molecule has 3 aliphatic heterocycles. The fraction of sp³-hybridized carbons (Fsp3) is 0.524. The Kier molecular flexibility index (Phi) is 6.21. The summed E-state index contributed by atoms with van der Waals surface area (Å²) in [5, 5.41) is 12.6. The molecule has 0 aromatic heterocycles. The van der Waals surface area contributed by atoms with Crippen LogP contribution in [0.25, 0.3) is 0 Å². The van der Waals surface area contributed by atoms with E-state index in [0.29, 0.717) is 30.2 Å². The topological polar surface area (TPSA) is 101 Å². The lowest BCUT2D eigenvalue weighted by Gasteiger charge is -2.35. The summed E-state index contributed by atoms with van der Waals surface area (Å²) in [6.07, 6.45) is 2.74. The largest absolute Gasteiger partial charge is 0.454 e. The lowest BCUT2D eigenvalue weighted by atomic mass is 10.0. The van der Waals surface area contributed by atoms with Crippen molar-refractivity contribution in [3.8, 4) is 11.5 Å². The molecule has 0 unspecified atom stereocenters. The van der Waals surface area contributed by atoms with Gasteiger partial charge in [0.05, 0.1) is 25.2 Å². The molecule has 4 rings (SSSR count). The van der Waals surface area contributed by atoms with Gasteiger partial charge in [-0.2, -0.15) is 0 Å². The monoisotopic (exact) mass is 417 g/mol. The van der Waals surface area contributed by atoms with Crippen molar-refractivity contribution in [3.05, 3.63) is 35.9 Å². The number of likely N-dealkylation sites (N-methyl/N-ethyl adjacent to an activating group) is 1. The molecule has 2 N–H and O–H groups in total. The third kappa shape index (κ3) is 4.58. The first-order valence-corrected chi connectivity index (χ1v) is 10.1. The summed E-state index contributed by atoms with van der Waals surface area (Å²) in [7, 11) is 2.04. The first kappa shape index (κ1) is 20.6. The second kappa shape index (κ2) is 9.03. The number of carbonyl (C=O) groups excluding carboxylic acids is 2. The summed E-state index contributed by atoms with van der Waals surface area (Å²) in [5.41, 5.74) is 0.428. The zero-order valence-corrected chi connectivity index (χ0v) is 17.0. The number of aliphatic hydroxyl groups excluding tert-OH is 1. The fourth-order valence-electron chi connectivity index (χ4n) is 3.77. The summed E-state index contributed by atoms with van der Waals surface area (Å²) >= 11 is 0. The highest BCUT2D eigenvalue weighted by molar-refractivity contribution is 5.95. The van der Waals surface area contributed by atoms with Crippen molar-refractivity contribution in [2.75, 3.05) is 46.6 Å². The highest BCUT2D eigenvalue weighted by Gasteiger charge is 2.31. The first-order valence-electron chi connectivity index (χ1n) is 10.1. The Hall–Kier alpha value is -2.62. The van der Waals surface area contributed by atoms with E-state index < -0.39 is 18.2 Å². The molecule has 0 saturated carbocycles.